The van der Waals surface area contributed by atoms with Gasteiger partial charge in [0, 0.05) is 55.4 Å². The Hall–Kier alpha value is -2.56. The topological polar surface area (TPSA) is 60.0 Å². The van der Waals surface area contributed by atoms with Gasteiger partial charge >= 0.3 is 0 Å². The average Bonchev–Trinajstić information content (AvgIpc) is 2.83. The maximum Gasteiger partial charge on any atom is 0.0743 e. The number of nitrogens with two attached hydrogens (primary N) is 1. The number of aryl methyl sites for hydroxylation is 1. The highest BCUT2D eigenvalue weighted by Crippen LogP contribution is 2.26. The third-order valence-corrected chi connectivity index (χ3v) is 3.33. The smallest absolute Gasteiger partial charge is 0.0743 e. The van der Waals surface area contributed by atoms with Crippen LogP contribution in [0, 0.1) is 0 Å². The molecule has 1 aromatic carbocycles. The molecule has 0 bridgehead atoms. The van der Waals surface area contributed by atoms with Crippen molar-refractivity contribution in [2.45, 2.75) is 6.54 Å². The van der Waals surface area contributed by atoms with Crippen LogP contribution in [0.2, 0.25) is 0 Å². The van der Waals surface area contributed by atoms with E-state index in [4.69, 9.17) is 5.73 Å². The molecule has 0 aliphatic carbocycles. The fraction of sp³-hybridized carbons (Fsp3) is 0.200. The van der Waals surface area contributed by atoms with Crippen molar-refractivity contribution < 1.29 is 0 Å². The van der Waals surface area contributed by atoms with Crippen LogP contribution in [0.1, 0.15) is 5.56 Å². The van der Waals surface area contributed by atoms with Crippen molar-refractivity contribution in [2.24, 2.45) is 7.05 Å². The maximum absolute atomic E-state index is 5.81. The Morgan fingerprint density at radius 2 is 2.15 bits per heavy atom. The van der Waals surface area contributed by atoms with Crippen LogP contribution in [0.25, 0.3) is 10.9 Å². The summed E-state index contributed by atoms with van der Waals surface area (Å²) in [5.41, 5.74) is 9.78. The lowest BCUT2D eigenvalue weighted by atomic mass is 10.1. The van der Waals surface area contributed by atoms with E-state index in [0.717, 1.165) is 28.8 Å². The number of pyridine rings is 1. The minimum absolute atomic E-state index is 0.733. The molecule has 0 aliphatic rings. The second-order valence-electron chi connectivity index (χ2n) is 4.98. The summed E-state index contributed by atoms with van der Waals surface area (Å²) in [6.07, 6.45) is 5.73. The normalized spacial score (nSPS) is 10.9. The fourth-order valence-corrected chi connectivity index (χ4v) is 2.40. The van der Waals surface area contributed by atoms with Gasteiger partial charge in [0.2, 0.25) is 0 Å². The van der Waals surface area contributed by atoms with Crippen molar-refractivity contribution >= 4 is 22.3 Å². The molecule has 102 valence electrons. The van der Waals surface area contributed by atoms with E-state index >= 15 is 0 Å². The van der Waals surface area contributed by atoms with Gasteiger partial charge in [-0.1, -0.05) is 0 Å². The number of anilines is 2. The third-order valence-electron chi connectivity index (χ3n) is 3.33. The maximum atomic E-state index is 5.81. The Bertz CT molecular complexity index is 747. The van der Waals surface area contributed by atoms with Gasteiger partial charge in [0.1, 0.15) is 0 Å². The Morgan fingerprint density at radius 1 is 1.30 bits per heavy atom. The molecule has 0 atom stereocenters. The van der Waals surface area contributed by atoms with E-state index in [1.807, 2.05) is 54.6 Å². The Labute approximate surface area is 117 Å². The first-order valence-electron chi connectivity index (χ1n) is 6.46. The molecule has 3 rings (SSSR count). The Balaban J connectivity index is 1.96. The van der Waals surface area contributed by atoms with E-state index in [1.165, 1.54) is 5.56 Å². The summed E-state index contributed by atoms with van der Waals surface area (Å²) in [5.74, 6) is 0. The number of aromatic nitrogens is 3. The van der Waals surface area contributed by atoms with Crippen LogP contribution in [-0.4, -0.2) is 21.8 Å². The molecular weight excluding hydrogens is 250 g/mol. The number of fused-ring (bicyclic) bond motifs is 1. The van der Waals surface area contributed by atoms with Crippen molar-refractivity contribution in [1.29, 1.82) is 0 Å². The summed E-state index contributed by atoms with van der Waals surface area (Å²) in [6, 6.07) is 7.85. The Kier molecular flexibility index (Phi) is 3.02. The summed E-state index contributed by atoms with van der Waals surface area (Å²) < 4.78 is 1.81. The molecule has 0 aliphatic heterocycles. The molecule has 3 aromatic rings. The molecule has 0 spiro atoms. The van der Waals surface area contributed by atoms with Gasteiger partial charge in [0.15, 0.2) is 0 Å². The first-order chi connectivity index (χ1) is 9.63. The summed E-state index contributed by atoms with van der Waals surface area (Å²) >= 11 is 0. The lowest BCUT2D eigenvalue weighted by Gasteiger charge is -2.20. The summed E-state index contributed by atoms with van der Waals surface area (Å²) in [5, 5.41) is 5.30. The van der Waals surface area contributed by atoms with Gasteiger partial charge in [0.25, 0.3) is 0 Å². The van der Waals surface area contributed by atoms with E-state index in [-0.39, 0.29) is 0 Å². The summed E-state index contributed by atoms with van der Waals surface area (Å²) in [7, 11) is 3.99. The SMILES string of the molecule is CN(Cc1cnn(C)c1)c1ccnc2cc(N)ccc12. The quantitative estimate of drug-likeness (QED) is 0.739. The van der Waals surface area contributed by atoms with Crippen molar-refractivity contribution in [3.63, 3.8) is 0 Å². The van der Waals surface area contributed by atoms with Crippen LogP contribution in [0.5, 0.6) is 0 Å². The fourth-order valence-electron chi connectivity index (χ4n) is 2.40. The minimum atomic E-state index is 0.733. The number of hydrogen-bond donors (Lipinski definition) is 1. The highest BCUT2D eigenvalue weighted by molar-refractivity contribution is 5.93. The molecule has 2 N–H and O–H groups in total. The van der Waals surface area contributed by atoms with Crippen molar-refractivity contribution in [3.05, 3.63) is 48.4 Å². The molecular formula is C15H17N5. The molecule has 0 radical (unpaired) electrons. The van der Waals surface area contributed by atoms with Crippen LogP contribution in [0.15, 0.2) is 42.9 Å². The van der Waals surface area contributed by atoms with Crippen molar-refractivity contribution in [3.8, 4) is 0 Å². The average molecular weight is 267 g/mol. The van der Waals surface area contributed by atoms with E-state index in [2.05, 4.69) is 22.0 Å². The molecule has 5 heteroatoms. The van der Waals surface area contributed by atoms with Gasteiger partial charge in [-0.05, 0) is 24.3 Å². The van der Waals surface area contributed by atoms with Crippen LogP contribution < -0.4 is 10.6 Å². The van der Waals surface area contributed by atoms with Gasteiger partial charge < -0.3 is 10.6 Å². The minimum Gasteiger partial charge on any atom is -0.399 e. The zero-order valence-corrected chi connectivity index (χ0v) is 11.6. The number of hydrogen-bond acceptors (Lipinski definition) is 4. The van der Waals surface area contributed by atoms with Crippen LogP contribution in [-0.2, 0) is 13.6 Å². The highest BCUT2D eigenvalue weighted by Gasteiger charge is 2.08. The number of rotatable bonds is 3. The molecule has 0 saturated carbocycles. The zero-order chi connectivity index (χ0) is 14.1. The first-order valence-corrected chi connectivity index (χ1v) is 6.46. The van der Waals surface area contributed by atoms with E-state index < -0.39 is 0 Å². The van der Waals surface area contributed by atoms with Gasteiger partial charge in [-0.15, -0.1) is 0 Å². The monoisotopic (exact) mass is 267 g/mol. The highest BCUT2D eigenvalue weighted by atomic mass is 15.2. The number of benzene rings is 1. The van der Waals surface area contributed by atoms with Gasteiger partial charge in [-0.25, -0.2) is 0 Å². The van der Waals surface area contributed by atoms with Crippen LogP contribution in [0.3, 0.4) is 0 Å². The largest absolute Gasteiger partial charge is 0.399 e. The van der Waals surface area contributed by atoms with E-state index in [9.17, 15) is 0 Å². The number of nitrogen functional groups attached to an aromatic ring is 1. The van der Waals surface area contributed by atoms with Gasteiger partial charge in [-0.2, -0.15) is 5.10 Å². The van der Waals surface area contributed by atoms with Gasteiger partial charge in [-0.3, -0.25) is 9.67 Å². The second-order valence-corrected chi connectivity index (χ2v) is 4.98. The second kappa shape index (κ2) is 4.85. The lowest BCUT2D eigenvalue weighted by Crippen LogP contribution is -2.16. The molecule has 0 saturated heterocycles. The van der Waals surface area contributed by atoms with Gasteiger partial charge in [0.05, 0.1) is 11.7 Å². The number of nitrogens with zero attached hydrogens (tertiary/aromatic N) is 4. The van der Waals surface area contributed by atoms with Crippen molar-refractivity contribution in [2.75, 3.05) is 17.7 Å². The van der Waals surface area contributed by atoms with Crippen LogP contribution in [0.4, 0.5) is 11.4 Å². The third kappa shape index (κ3) is 2.30. The standard InChI is InChI=1S/C15H17N5/c1-19(9-11-8-18-20(2)10-11)15-5-6-17-14-7-12(16)3-4-13(14)15/h3-8,10H,9,16H2,1-2H3. The van der Waals surface area contributed by atoms with E-state index in [0.29, 0.717) is 0 Å². The molecule has 0 unspecified atom stereocenters. The predicted molar refractivity (Wildman–Crippen MR) is 81.5 cm³/mol. The first kappa shape index (κ1) is 12.5. The van der Waals surface area contributed by atoms with Crippen LogP contribution >= 0.6 is 0 Å². The molecule has 0 fully saturated rings. The predicted octanol–water partition coefficient (Wildman–Crippen LogP) is 2.19. The lowest BCUT2D eigenvalue weighted by molar-refractivity contribution is 0.766. The summed E-state index contributed by atoms with van der Waals surface area (Å²) in [4.78, 5) is 6.56. The van der Waals surface area contributed by atoms with Crippen molar-refractivity contribution in [1.82, 2.24) is 14.8 Å². The Morgan fingerprint density at radius 3 is 2.90 bits per heavy atom. The molecule has 0 amide bonds. The summed E-state index contributed by atoms with van der Waals surface area (Å²) in [6.45, 7) is 0.803. The zero-order valence-electron chi connectivity index (χ0n) is 11.6. The molecule has 20 heavy (non-hydrogen) atoms. The van der Waals surface area contributed by atoms with E-state index in [1.54, 1.807) is 0 Å². The molecule has 2 heterocycles. The molecule has 2 aromatic heterocycles. The molecule has 5 nitrogen and oxygen atoms in total.